The fraction of sp³-hybridized carbons (Fsp3) is 0.261. The largest absolute Gasteiger partial charge is 0.490 e. The van der Waals surface area contributed by atoms with Gasteiger partial charge in [0.2, 0.25) is 0 Å². The van der Waals surface area contributed by atoms with E-state index in [1.165, 1.54) is 35.6 Å². The van der Waals surface area contributed by atoms with Crippen LogP contribution in [0.5, 0.6) is 0 Å². The standard InChI is InChI=1S/C21H19ClFN5O3S.C2HF3O2/c22-16-3-1-2-15(18(16)23)19(29)28-7-5-27(6-8-28)12-14-10-13(20(30)31)11-17(25-14)26-21-24-4-9-32-21;3-2(4,5)1(6)7/h1-4,9-11H,5-8,12H2,(H,30,31)(H,24,25,26);(H,6,7). The Morgan fingerprint density at radius 3 is 2.33 bits per heavy atom. The molecule has 3 heterocycles. The van der Waals surface area contributed by atoms with Gasteiger partial charge in [0, 0.05) is 44.3 Å². The summed E-state index contributed by atoms with van der Waals surface area (Å²) < 4.78 is 45.9. The highest BCUT2D eigenvalue weighted by Crippen LogP contribution is 2.22. The van der Waals surface area contributed by atoms with Gasteiger partial charge in [0.05, 0.1) is 21.8 Å². The topological polar surface area (TPSA) is 136 Å². The molecule has 2 aromatic heterocycles. The second-order valence-electron chi connectivity index (χ2n) is 7.97. The molecule has 0 saturated carbocycles. The lowest BCUT2D eigenvalue weighted by molar-refractivity contribution is -0.192. The smallest absolute Gasteiger partial charge is 0.478 e. The van der Waals surface area contributed by atoms with Crippen molar-refractivity contribution in [3.8, 4) is 0 Å². The number of benzene rings is 1. The Bertz CT molecular complexity index is 1330. The van der Waals surface area contributed by atoms with Crippen LogP contribution in [-0.2, 0) is 11.3 Å². The van der Waals surface area contributed by atoms with Crippen molar-refractivity contribution in [2.24, 2.45) is 0 Å². The molecule has 39 heavy (non-hydrogen) atoms. The van der Waals surface area contributed by atoms with Gasteiger partial charge in [-0.3, -0.25) is 9.69 Å². The second kappa shape index (κ2) is 12.8. The van der Waals surface area contributed by atoms with Crippen LogP contribution in [-0.4, -0.2) is 80.2 Å². The molecule has 1 fully saturated rings. The first kappa shape index (κ1) is 29.7. The summed E-state index contributed by atoms with van der Waals surface area (Å²) in [5.41, 5.74) is 0.670. The zero-order valence-electron chi connectivity index (χ0n) is 19.8. The molecule has 1 saturated heterocycles. The summed E-state index contributed by atoms with van der Waals surface area (Å²) in [6.45, 7) is 2.33. The number of aliphatic carboxylic acids is 1. The third kappa shape index (κ3) is 8.33. The fourth-order valence-electron chi connectivity index (χ4n) is 3.43. The Kier molecular flexibility index (Phi) is 9.77. The maximum atomic E-state index is 14.2. The van der Waals surface area contributed by atoms with Crippen molar-refractivity contribution >= 4 is 51.7 Å². The number of rotatable bonds is 6. The van der Waals surface area contributed by atoms with Gasteiger partial charge < -0.3 is 20.4 Å². The number of pyridine rings is 1. The normalized spacial score (nSPS) is 13.8. The molecule has 208 valence electrons. The molecule has 0 spiro atoms. The summed E-state index contributed by atoms with van der Waals surface area (Å²) in [7, 11) is 0. The molecule has 1 aromatic carbocycles. The zero-order chi connectivity index (χ0) is 28.7. The van der Waals surface area contributed by atoms with Crippen molar-refractivity contribution in [1.29, 1.82) is 0 Å². The molecule has 16 heteroatoms. The number of carboxylic acid groups (broad SMARTS) is 2. The van der Waals surface area contributed by atoms with E-state index in [4.69, 9.17) is 21.5 Å². The summed E-state index contributed by atoms with van der Waals surface area (Å²) in [5.74, 6) is -4.51. The summed E-state index contributed by atoms with van der Waals surface area (Å²) in [6.07, 6.45) is -3.44. The first-order valence-corrected chi connectivity index (χ1v) is 12.3. The molecular formula is C23H20ClF4N5O5S. The number of nitrogens with one attached hydrogen (secondary N) is 1. The second-order valence-corrected chi connectivity index (χ2v) is 9.27. The molecule has 0 radical (unpaired) electrons. The maximum Gasteiger partial charge on any atom is 0.490 e. The van der Waals surface area contributed by atoms with Crippen LogP contribution in [0.25, 0.3) is 0 Å². The highest BCUT2D eigenvalue weighted by atomic mass is 35.5. The Hall–Kier alpha value is -3.82. The predicted octanol–water partition coefficient (Wildman–Crippen LogP) is 4.36. The first-order chi connectivity index (χ1) is 18.3. The molecular weight excluding hydrogens is 570 g/mol. The number of hydrogen-bond acceptors (Lipinski definition) is 8. The van der Waals surface area contributed by atoms with E-state index in [0.29, 0.717) is 49.4 Å². The summed E-state index contributed by atoms with van der Waals surface area (Å²) in [5, 5.41) is 21.9. The molecule has 3 aromatic rings. The monoisotopic (exact) mass is 589 g/mol. The van der Waals surface area contributed by atoms with Crippen LogP contribution in [0, 0.1) is 5.82 Å². The lowest BCUT2D eigenvalue weighted by atomic mass is 10.1. The highest BCUT2D eigenvalue weighted by Gasteiger charge is 2.38. The third-order valence-corrected chi connectivity index (χ3v) is 6.24. The van der Waals surface area contributed by atoms with Crippen LogP contribution in [0.1, 0.15) is 26.4 Å². The number of piperazine rings is 1. The van der Waals surface area contributed by atoms with E-state index < -0.39 is 29.8 Å². The van der Waals surface area contributed by atoms with Gasteiger partial charge >= 0.3 is 18.1 Å². The van der Waals surface area contributed by atoms with Gasteiger partial charge in [0.25, 0.3) is 5.91 Å². The number of aromatic carboxylic acids is 1. The van der Waals surface area contributed by atoms with Gasteiger partial charge in [-0.05, 0) is 24.3 Å². The number of amides is 1. The van der Waals surface area contributed by atoms with E-state index in [1.807, 2.05) is 0 Å². The van der Waals surface area contributed by atoms with Crippen LogP contribution < -0.4 is 5.32 Å². The number of halogens is 5. The van der Waals surface area contributed by atoms with Crippen molar-refractivity contribution in [1.82, 2.24) is 19.8 Å². The zero-order valence-corrected chi connectivity index (χ0v) is 21.4. The van der Waals surface area contributed by atoms with Crippen LogP contribution in [0.4, 0.5) is 28.5 Å². The van der Waals surface area contributed by atoms with E-state index >= 15 is 0 Å². The van der Waals surface area contributed by atoms with E-state index in [2.05, 4.69) is 20.2 Å². The minimum atomic E-state index is -5.08. The number of alkyl halides is 3. The lowest BCUT2D eigenvalue weighted by Gasteiger charge is -2.34. The number of anilines is 2. The van der Waals surface area contributed by atoms with Gasteiger partial charge in [0.15, 0.2) is 10.9 Å². The molecule has 1 amide bonds. The Morgan fingerprint density at radius 2 is 1.77 bits per heavy atom. The number of nitrogens with zero attached hydrogens (tertiary/aromatic N) is 4. The van der Waals surface area contributed by atoms with E-state index in [9.17, 15) is 32.3 Å². The van der Waals surface area contributed by atoms with Crippen LogP contribution in [0.15, 0.2) is 41.9 Å². The number of carboxylic acids is 2. The SMILES string of the molecule is O=C(O)C(F)(F)F.O=C(O)c1cc(CN2CCN(C(=O)c3cccc(Cl)c3F)CC2)nc(Nc2nccs2)c1. The number of carbonyl (C=O) groups excluding carboxylic acids is 1. The third-order valence-electron chi connectivity index (χ3n) is 5.26. The van der Waals surface area contributed by atoms with Gasteiger partial charge in [-0.1, -0.05) is 17.7 Å². The Morgan fingerprint density at radius 1 is 1.10 bits per heavy atom. The summed E-state index contributed by atoms with van der Waals surface area (Å²) in [4.78, 5) is 45.4. The van der Waals surface area contributed by atoms with E-state index in [-0.39, 0.29) is 16.1 Å². The molecule has 0 atom stereocenters. The minimum Gasteiger partial charge on any atom is -0.478 e. The molecule has 4 rings (SSSR count). The lowest BCUT2D eigenvalue weighted by Crippen LogP contribution is -2.48. The van der Waals surface area contributed by atoms with Crippen molar-refractivity contribution in [2.75, 3.05) is 31.5 Å². The van der Waals surface area contributed by atoms with Crippen LogP contribution in [0.3, 0.4) is 0 Å². The minimum absolute atomic E-state index is 0.0420. The molecule has 1 aliphatic rings. The van der Waals surface area contributed by atoms with Crippen molar-refractivity contribution in [2.45, 2.75) is 12.7 Å². The number of carbonyl (C=O) groups is 3. The number of aromatic nitrogens is 2. The van der Waals surface area contributed by atoms with Crippen LogP contribution >= 0.6 is 22.9 Å². The van der Waals surface area contributed by atoms with Crippen molar-refractivity contribution < 1.29 is 42.2 Å². The Labute approximate surface area is 227 Å². The molecule has 0 aliphatic carbocycles. The average Bonchev–Trinajstić information content (AvgIpc) is 3.38. The number of hydrogen-bond donors (Lipinski definition) is 3. The highest BCUT2D eigenvalue weighted by molar-refractivity contribution is 7.13. The van der Waals surface area contributed by atoms with Crippen molar-refractivity contribution in [3.63, 3.8) is 0 Å². The molecule has 0 unspecified atom stereocenters. The number of thiazole rings is 1. The van der Waals surface area contributed by atoms with Crippen molar-refractivity contribution in [3.05, 3.63) is 69.6 Å². The van der Waals surface area contributed by atoms with Gasteiger partial charge in [-0.2, -0.15) is 13.2 Å². The molecule has 0 bridgehead atoms. The summed E-state index contributed by atoms with van der Waals surface area (Å²) >= 11 is 7.18. The predicted molar refractivity (Wildman–Crippen MR) is 133 cm³/mol. The van der Waals surface area contributed by atoms with Gasteiger partial charge in [0.1, 0.15) is 5.82 Å². The maximum absolute atomic E-state index is 14.2. The quantitative estimate of drug-likeness (QED) is 0.358. The molecule has 1 aliphatic heterocycles. The van der Waals surface area contributed by atoms with Crippen LogP contribution in [0.2, 0.25) is 5.02 Å². The van der Waals surface area contributed by atoms with E-state index in [0.717, 1.165) is 0 Å². The van der Waals surface area contributed by atoms with Gasteiger partial charge in [-0.15, -0.1) is 11.3 Å². The summed E-state index contributed by atoms with van der Waals surface area (Å²) in [6, 6.07) is 7.38. The first-order valence-electron chi connectivity index (χ1n) is 11.0. The Balaban J connectivity index is 0.000000532. The average molecular weight is 590 g/mol. The van der Waals surface area contributed by atoms with Gasteiger partial charge in [-0.25, -0.2) is 23.9 Å². The van der Waals surface area contributed by atoms with E-state index in [1.54, 1.807) is 22.5 Å². The molecule has 3 N–H and O–H groups in total. The fourth-order valence-corrected chi connectivity index (χ4v) is 4.14. The molecule has 10 nitrogen and oxygen atoms in total.